The molecule has 2 aromatic carbocycles. The summed E-state index contributed by atoms with van der Waals surface area (Å²) >= 11 is 5.97. The van der Waals surface area contributed by atoms with Crippen LogP contribution in [0.1, 0.15) is 22.0 Å². The highest BCUT2D eigenvalue weighted by Gasteiger charge is 2.14. The molecule has 0 fully saturated rings. The van der Waals surface area contributed by atoms with E-state index >= 15 is 0 Å². The molecule has 23 heavy (non-hydrogen) atoms. The number of hydrogen-bond acceptors (Lipinski definition) is 4. The van der Waals surface area contributed by atoms with E-state index in [2.05, 4.69) is 5.32 Å². The molecule has 2 N–H and O–H groups in total. The molecule has 0 bridgehead atoms. The molecule has 0 saturated carbocycles. The highest BCUT2D eigenvalue weighted by atomic mass is 35.5. The van der Waals surface area contributed by atoms with Gasteiger partial charge in [0.25, 0.3) is 5.91 Å². The Labute approximate surface area is 139 Å². The summed E-state index contributed by atoms with van der Waals surface area (Å²) in [5.74, 6) is 0.750. The van der Waals surface area contributed by atoms with Gasteiger partial charge < -0.3 is 19.9 Å². The van der Waals surface area contributed by atoms with E-state index in [1.165, 1.54) is 14.2 Å². The van der Waals surface area contributed by atoms with Gasteiger partial charge in [0.15, 0.2) is 11.5 Å². The molecule has 1 atom stereocenters. The topological polar surface area (TPSA) is 67.8 Å². The Bertz CT molecular complexity index is 690. The monoisotopic (exact) mass is 335 g/mol. The molecule has 2 rings (SSSR count). The number of rotatable bonds is 6. The van der Waals surface area contributed by atoms with Gasteiger partial charge in [-0.3, -0.25) is 4.79 Å². The van der Waals surface area contributed by atoms with Crippen LogP contribution in [-0.4, -0.2) is 31.8 Å². The second-order valence-electron chi connectivity index (χ2n) is 4.82. The highest BCUT2D eigenvalue weighted by Crippen LogP contribution is 2.29. The van der Waals surface area contributed by atoms with Crippen molar-refractivity contribution in [2.45, 2.75) is 6.10 Å². The van der Waals surface area contributed by atoms with Crippen molar-refractivity contribution >= 4 is 17.5 Å². The number of benzene rings is 2. The van der Waals surface area contributed by atoms with Crippen molar-refractivity contribution < 1.29 is 19.4 Å². The van der Waals surface area contributed by atoms with Crippen LogP contribution in [0, 0.1) is 0 Å². The van der Waals surface area contributed by atoms with Crippen molar-refractivity contribution in [3.05, 3.63) is 58.6 Å². The summed E-state index contributed by atoms with van der Waals surface area (Å²) in [5.41, 5.74) is 0.982. The van der Waals surface area contributed by atoms with E-state index in [0.717, 1.165) is 0 Å². The maximum atomic E-state index is 12.1. The van der Waals surface area contributed by atoms with E-state index in [1.807, 2.05) is 0 Å². The molecule has 2 aromatic rings. The molecule has 0 saturated heterocycles. The first-order chi connectivity index (χ1) is 11.1. The number of carbonyl (C=O) groups excluding carboxylic acids is 1. The summed E-state index contributed by atoms with van der Waals surface area (Å²) in [7, 11) is 3.06. The summed E-state index contributed by atoms with van der Waals surface area (Å²) in [6, 6.07) is 11.8. The van der Waals surface area contributed by atoms with Crippen LogP contribution < -0.4 is 14.8 Å². The lowest BCUT2D eigenvalue weighted by molar-refractivity contribution is 0.0916. The Balaban J connectivity index is 2.03. The smallest absolute Gasteiger partial charge is 0.252 e. The fraction of sp³-hybridized carbons (Fsp3) is 0.235. The van der Waals surface area contributed by atoms with Gasteiger partial charge in [-0.05, 0) is 29.8 Å². The number of halogens is 1. The second kappa shape index (κ2) is 7.85. The third-order valence-corrected chi connectivity index (χ3v) is 3.70. The molecule has 122 valence electrons. The normalized spacial score (nSPS) is 11.7. The zero-order chi connectivity index (χ0) is 16.8. The van der Waals surface area contributed by atoms with Gasteiger partial charge in [0.05, 0.1) is 30.9 Å². The van der Waals surface area contributed by atoms with E-state index in [9.17, 15) is 9.90 Å². The summed E-state index contributed by atoms with van der Waals surface area (Å²) in [6.07, 6.45) is -0.874. The summed E-state index contributed by atoms with van der Waals surface area (Å²) < 4.78 is 10.3. The quantitative estimate of drug-likeness (QED) is 0.851. The summed E-state index contributed by atoms with van der Waals surface area (Å²) in [4.78, 5) is 12.1. The van der Waals surface area contributed by atoms with E-state index in [0.29, 0.717) is 27.6 Å². The van der Waals surface area contributed by atoms with Gasteiger partial charge in [0.2, 0.25) is 0 Å². The van der Waals surface area contributed by atoms with Gasteiger partial charge in [-0.1, -0.05) is 29.8 Å². The molecular weight excluding hydrogens is 318 g/mol. The standard InChI is InChI=1S/C17H18ClNO4/c1-22-15-8-7-11(9-16(15)23-2)14(20)10-19-17(21)12-5-3-4-6-13(12)18/h3-9,14,20H,10H2,1-2H3,(H,19,21). The molecule has 5 nitrogen and oxygen atoms in total. The fourth-order valence-electron chi connectivity index (χ4n) is 2.11. The molecular formula is C17H18ClNO4. The lowest BCUT2D eigenvalue weighted by Gasteiger charge is -2.15. The summed E-state index contributed by atoms with van der Waals surface area (Å²) in [6.45, 7) is 0.0551. The van der Waals surface area contributed by atoms with E-state index in [4.69, 9.17) is 21.1 Å². The van der Waals surface area contributed by atoms with Gasteiger partial charge in [-0.25, -0.2) is 0 Å². The molecule has 0 spiro atoms. The van der Waals surface area contributed by atoms with Gasteiger partial charge in [-0.15, -0.1) is 0 Å². The van der Waals surface area contributed by atoms with Crippen LogP contribution in [0.2, 0.25) is 5.02 Å². The van der Waals surface area contributed by atoms with Crippen molar-refractivity contribution in [2.24, 2.45) is 0 Å². The molecule has 1 unspecified atom stereocenters. The van der Waals surface area contributed by atoms with Gasteiger partial charge >= 0.3 is 0 Å². The van der Waals surface area contributed by atoms with Gasteiger partial charge in [0.1, 0.15) is 0 Å². The lowest BCUT2D eigenvalue weighted by Crippen LogP contribution is -2.28. The average molecular weight is 336 g/mol. The minimum atomic E-state index is -0.874. The SMILES string of the molecule is COc1ccc(C(O)CNC(=O)c2ccccc2Cl)cc1OC. The van der Waals surface area contributed by atoms with E-state index < -0.39 is 6.10 Å². The predicted molar refractivity (Wildman–Crippen MR) is 88.3 cm³/mol. The molecule has 0 aliphatic rings. The van der Waals surface area contributed by atoms with Crippen LogP contribution in [0.25, 0.3) is 0 Å². The number of aliphatic hydroxyl groups is 1. The number of amides is 1. The first kappa shape index (κ1) is 17.1. The van der Waals surface area contributed by atoms with Crippen molar-refractivity contribution in [3.63, 3.8) is 0 Å². The van der Waals surface area contributed by atoms with E-state index in [-0.39, 0.29) is 12.5 Å². The van der Waals surface area contributed by atoms with Crippen molar-refractivity contribution in [2.75, 3.05) is 20.8 Å². The zero-order valence-corrected chi connectivity index (χ0v) is 13.6. The third-order valence-electron chi connectivity index (χ3n) is 3.37. The number of carbonyl (C=O) groups is 1. The minimum Gasteiger partial charge on any atom is -0.493 e. The number of hydrogen-bond donors (Lipinski definition) is 2. The third kappa shape index (κ3) is 4.15. The Morgan fingerprint density at radius 1 is 1.17 bits per heavy atom. The predicted octanol–water partition coefficient (Wildman–Crippen LogP) is 2.82. The largest absolute Gasteiger partial charge is 0.493 e. The van der Waals surface area contributed by atoms with Crippen molar-refractivity contribution in [1.29, 1.82) is 0 Å². The number of nitrogens with one attached hydrogen (secondary N) is 1. The Hall–Kier alpha value is -2.24. The molecule has 0 heterocycles. The molecule has 0 aliphatic carbocycles. The summed E-state index contributed by atoms with van der Waals surface area (Å²) in [5, 5.41) is 13.3. The van der Waals surface area contributed by atoms with Gasteiger partial charge in [-0.2, -0.15) is 0 Å². The van der Waals surface area contributed by atoms with E-state index in [1.54, 1.807) is 42.5 Å². The van der Waals surface area contributed by atoms with Crippen molar-refractivity contribution in [3.8, 4) is 11.5 Å². The maximum absolute atomic E-state index is 12.1. The van der Waals surface area contributed by atoms with Crippen LogP contribution in [-0.2, 0) is 0 Å². The molecule has 1 amide bonds. The lowest BCUT2D eigenvalue weighted by atomic mass is 10.1. The molecule has 0 aliphatic heterocycles. The maximum Gasteiger partial charge on any atom is 0.252 e. The molecule has 6 heteroatoms. The number of methoxy groups -OCH3 is 2. The van der Waals surface area contributed by atoms with Crippen LogP contribution in [0.3, 0.4) is 0 Å². The Morgan fingerprint density at radius 2 is 1.87 bits per heavy atom. The Kier molecular flexibility index (Phi) is 5.84. The Morgan fingerprint density at radius 3 is 2.52 bits per heavy atom. The number of aliphatic hydroxyl groups excluding tert-OH is 1. The van der Waals surface area contributed by atoms with Crippen LogP contribution in [0.4, 0.5) is 0 Å². The van der Waals surface area contributed by atoms with Crippen LogP contribution in [0.15, 0.2) is 42.5 Å². The highest BCUT2D eigenvalue weighted by molar-refractivity contribution is 6.33. The number of ether oxygens (including phenoxy) is 2. The molecule has 0 aromatic heterocycles. The zero-order valence-electron chi connectivity index (χ0n) is 12.9. The van der Waals surface area contributed by atoms with Gasteiger partial charge in [0, 0.05) is 6.54 Å². The van der Waals surface area contributed by atoms with Crippen LogP contribution in [0.5, 0.6) is 11.5 Å². The minimum absolute atomic E-state index is 0.0551. The average Bonchev–Trinajstić information content (AvgIpc) is 2.59. The van der Waals surface area contributed by atoms with Crippen molar-refractivity contribution in [1.82, 2.24) is 5.32 Å². The molecule has 0 radical (unpaired) electrons. The van der Waals surface area contributed by atoms with Crippen LogP contribution >= 0.6 is 11.6 Å². The first-order valence-corrected chi connectivity index (χ1v) is 7.37. The first-order valence-electron chi connectivity index (χ1n) is 6.99. The fourth-order valence-corrected chi connectivity index (χ4v) is 2.33. The second-order valence-corrected chi connectivity index (χ2v) is 5.23.